The predicted octanol–water partition coefficient (Wildman–Crippen LogP) is 8.68. The summed E-state index contributed by atoms with van der Waals surface area (Å²) in [5, 5.41) is 30.1. The van der Waals surface area contributed by atoms with Gasteiger partial charge in [0.05, 0.1) is 5.92 Å². The van der Waals surface area contributed by atoms with Crippen molar-refractivity contribution < 1.29 is 57.9 Å². The third-order valence-corrected chi connectivity index (χ3v) is 13.6. The second-order valence-electron chi connectivity index (χ2n) is 19.9. The molecule has 1 saturated heterocycles. The molecule has 4 amide bonds. The summed E-state index contributed by atoms with van der Waals surface area (Å²) in [6, 6.07) is 5.37. The largest absolute Gasteiger partial charge is 0.463 e. The van der Waals surface area contributed by atoms with Crippen LogP contribution in [0.1, 0.15) is 219 Å². The highest BCUT2D eigenvalue weighted by molar-refractivity contribution is 5.92. The molecule has 16 nitrogen and oxygen atoms in total. The minimum atomic E-state index is -1.69. The van der Waals surface area contributed by atoms with Crippen molar-refractivity contribution >= 4 is 35.6 Å². The third-order valence-electron chi connectivity index (χ3n) is 13.6. The molecule has 1 aliphatic heterocycles. The molecule has 1 unspecified atom stereocenters. The van der Waals surface area contributed by atoms with Crippen LogP contribution in [0.2, 0.25) is 0 Å². The quantitative estimate of drug-likeness (QED) is 0.0266. The van der Waals surface area contributed by atoms with Crippen LogP contribution in [0.5, 0.6) is 0 Å². The number of unbranched alkanes of at least 4 members (excludes halogenated alkanes) is 22. The fraction of sp³-hybridized carbons (Fsp3) is 0.786. The number of hydrogen-bond donors (Lipinski definition) is 6. The minimum Gasteiger partial charge on any atom is -0.463 e. The lowest BCUT2D eigenvalue weighted by molar-refractivity contribution is -0.263. The number of ether oxygens (including phenoxy) is 4. The van der Waals surface area contributed by atoms with Gasteiger partial charge in [0.15, 0.2) is 6.29 Å². The summed E-state index contributed by atoms with van der Waals surface area (Å²) >= 11 is 0. The lowest BCUT2D eigenvalue weighted by Crippen LogP contribution is -2.65. The number of aliphatic hydroxyl groups excluding tert-OH is 2. The molecule has 1 heterocycles. The molecule has 7 atom stereocenters. The fourth-order valence-corrected chi connectivity index (χ4v) is 9.18. The summed E-state index contributed by atoms with van der Waals surface area (Å²) in [6.45, 7) is 6.25. The van der Waals surface area contributed by atoms with Crippen molar-refractivity contribution in [3.63, 3.8) is 0 Å². The highest BCUT2D eigenvalue weighted by Gasteiger charge is 2.47. The standard InChI is InChI=1S/C56H96N4O12/c1-5-8-10-12-14-16-18-20-22-24-26-31-35-44(36-32-27-25-23-21-19-17-15-13-11-9-6-2)55(67)71-40-47-51(64)52(50(56(68)72-47)58-42(4)61)70-41-48(62)59-45(7-3)54(66)60-46(53(57)65)37-38-49(63)69-39-43-33-29-28-30-34-43/h28-30,33-34,44-47,50-52,56,64,68H,5-27,31-32,35-41H2,1-4H3,(H2,57,65)(H,58,61)(H,59,62)(H,60,66)/t45-,46+,47+,50+,51+,52+,56?/m0/s1. The summed E-state index contributed by atoms with van der Waals surface area (Å²) in [4.78, 5) is 77.0. The lowest BCUT2D eigenvalue weighted by Gasteiger charge is -2.42. The molecule has 0 spiro atoms. The van der Waals surface area contributed by atoms with Crippen LogP contribution in [0.3, 0.4) is 0 Å². The number of nitrogens with one attached hydrogen (secondary N) is 3. The Morgan fingerprint density at radius 1 is 0.653 bits per heavy atom. The van der Waals surface area contributed by atoms with E-state index in [0.29, 0.717) is 12.8 Å². The van der Waals surface area contributed by atoms with Crippen molar-refractivity contribution in [2.24, 2.45) is 11.7 Å². The van der Waals surface area contributed by atoms with Crippen molar-refractivity contribution in [2.45, 2.75) is 263 Å². The van der Waals surface area contributed by atoms with E-state index in [4.69, 9.17) is 24.7 Å². The Balaban J connectivity index is 1.96. The van der Waals surface area contributed by atoms with Crippen molar-refractivity contribution in [3.8, 4) is 0 Å². The zero-order valence-corrected chi connectivity index (χ0v) is 44.7. The van der Waals surface area contributed by atoms with Gasteiger partial charge >= 0.3 is 11.9 Å². The lowest BCUT2D eigenvalue weighted by atomic mass is 9.93. The van der Waals surface area contributed by atoms with Crippen LogP contribution in [0.15, 0.2) is 30.3 Å². The number of esters is 2. The van der Waals surface area contributed by atoms with Gasteiger partial charge in [-0.25, -0.2) is 0 Å². The number of aliphatic hydroxyl groups is 2. The Morgan fingerprint density at radius 3 is 1.62 bits per heavy atom. The normalized spacial score (nSPS) is 18.5. The number of amides is 4. The second kappa shape index (κ2) is 40.3. The second-order valence-corrected chi connectivity index (χ2v) is 19.9. The number of hydrogen-bond acceptors (Lipinski definition) is 12. The average molecular weight is 1020 g/mol. The highest BCUT2D eigenvalue weighted by Crippen LogP contribution is 2.26. The summed E-state index contributed by atoms with van der Waals surface area (Å²) in [6.07, 6.45) is 24.5. The first-order valence-corrected chi connectivity index (χ1v) is 28.0. The van der Waals surface area contributed by atoms with Crippen LogP contribution < -0.4 is 21.7 Å². The molecule has 1 aromatic carbocycles. The Kier molecular flexibility index (Phi) is 35.8. The van der Waals surface area contributed by atoms with E-state index >= 15 is 0 Å². The summed E-state index contributed by atoms with van der Waals surface area (Å²) < 4.78 is 22.6. The van der Waals surface area contributed by atoms with Crippen molar-refractivity contribution in [1.29, 1.82) is 0 Å². The van der Waals surface area contributed by atoms with E-state index in [0.717, 1.165) is 44.1 Å². The van der Waals surface area contributed by atoms with Crippen LogP contribution in [0.4, 0.5) is 0 Å². The first-order valence-electron chi connectivity index (χ1n) is 28.0. The number of rotatable bonds is 43. The van der Waals surface area contributed by atoms with E-state index in [1.807, 2.05) is 18.2 Å². The molecular weight excluding hydrogens is 921 g/mol. The number of carbonyl (C=O) groups excluding carboxylic acids is 6. The average Bonchev–Trinajstić information content (AvgIpc) is 3.36. The Labute approximate surface area is 432 Å². The van der Waals surface area contributed by atoms with Gasteiger partial charge in [0.1, 0.15) is 56.3 Å². The molecule has 7 N–H and O–H groups in total. The smallest absolute Gasteiger partial charge is 0.309 e. The zero-order valence-electron chi connectivity index (χ0n) is 44.7. The maximum Gasteiger partial charge on any atom is 0.309 e. The zero-order chi connectivity index (χ0) is 52.8. The molecule has 16 heteroatoms. The van der Waals surface area contributed by atoms with E-state index < -0.39 is 91.5 Å². The maximum absolute atomic E-state index is 13.7. The highest BCUT2D eigenvalue weighted by atomic mass is 16.6. The van der Waals surface area contributed by atoms with E-state index in [2.05, 4.69) is 29.8 Å². The van der Waals surface area contributed by atoms with Crippen LogP contribution in [0.25, 0.3) is 0 Å². The number of benzene rings is 1. The maximum atomic E-state index is 13.7. The van der Waals surface area contributed by atoms with E-state index in [1.54, 1.807) is 19.1 Å². The number of nitrogens with two attached hydrogens (primary N) is 1. The topological polar surface area (TPSA) is 242 Å². The molecule has 0 aliphatic carbocycles. The van der Waals surface area contributed by atoms with Gasteiger partial charge in [-0.15, -0.1) is 0 Å². The molecule has 0 bridgehead atoms. The molecule has 0 saturated carbocycles. The molecule has 1 fully saturated rings. The summed E-state index contributed by atoms with van der Waals surface area (Å²) in [7, 11) is 0. The van der Waals surface area contributed by atoms with E-state index in [-0.39, 0.29) is 31.8 Å². The summed E-state index contributed by atoms with van der Waals surface area (Å²) in [5.41, 5.74) is 6.32. The molecule has 2 rings (SSSR count). The van der Waals surface area contributed by atoms with E-state index in [9.17, 15) is 39.0 Å². The minimum absolute atomic E-state index is 0.0440. The monoisotopic (exact) mass is 1020 g/mol. The van der Waals surface area contributed by atoms with Crippen molar-refractivity contribution in [3.05, 3.63) is 35.9 Å². The Hall–Kier alpha value is -4.12. The van der Waals surface area contributed by atoms with Crippen LogP contribution >= 0.6 is 0 Å². The van der Waals surface area contributed by atoms with Gasteiger partial charge in [-0.3, -0.25) is 28.8 Å². The van der Waals surface area contributed by atoms with Crippen LogP contribution in [-0.4, -0.2) is 102 Å². The predicted molar refractivity (Wildman–Crippen MR) is 279 cm³/mol. The molecule has 0 aromatic heterocycles. The summed E-state index contributed by atoms with van der Waals surface area (Å²) in [5.74, 6) is -4.27. The number of carbonyl (C=O) groups is 6. The van der Waals surface area contributed by atoms with Gasteiger partial charge in [0.2, 0.25) is 23.6 Å². The molecular formula is C56H96N4O12. The molecule has 412 valence electrons. The molecule has 1 aromatic rings. The Morgan fingerprint density at radius 2 is 1.15 bits per heavy atom. The van der Waals surface area contributed by atoms with Gasteiger partial charge in [-0.2, -0.15) is 0 Å². The first-order chi connectivity index (χ1) is 34.8. The van der Waals surface area contributed by atoms with Gasteiger partial charge < -0.3 is 50.8 Å². The van der Waals surface area contributed by atoms with E-state index in [1.165, 1.54) is 122 Å². The van der Waals surface area contributed by atoms with Gasteiger partial charge in [0.25, 0.3) is 0 Å². The first kappa shape index (κ1) is 64.0. The fourth-order valence-electron chi connectivity index (χ4n) is 9.18. The molecule has 72 heavy (non-hydrogen) atoms. The van der Waals surface area contributed by atoms with Gasteiger partial charge in [-0.1, -0.05) is 205 Å². The SMILES string of the molecule is CCCCCCCCCCCCCCC(CCCCCCCCCCCCCC)C(=O)OC[C@H]1OC(O)[C@H](NC(C)=O)[C@@H](OCC(=O)N[C@@H](CC)C(=O)N[C@H](CCC(=O)OCc2ccccc2)C(N)=O)[C@@H]1O. The van der Waals surface area contributed by atoms with Gasteiger partial charge in [0, 0.05) is 13.3 Å². The van der Waals surface area contributed by atoms with Gasteiger partial charge in [-0.05, 0) is 31.2 Å². The van der Waals surface area contributed by atoms with Crippen molar-refractivity contribution in [2.75, 3.05) is 13.2 Å². The third kappa shape index (κ3) is 28.9. The molecule has 0 radical (unpaired) electrons. The van der Waals surface area contributed by atoms with Crippen LogP contribution in [0, 0.1) is 5.92 Å². The molecule has 1 aliphatic rings. The Bertz CT molecular complexity index is 1610. The van der Waals surface area contributed by atoms with Crippen LogP contribution in [-0.2, 0) is 54.3 Å². The number of primary amides is 1. The van der Waals surface area contributed by atoms with Crippen molar-refractivity contribution in [1.82, 2.24) is 16.0 Å².